The Balaban J connectivity index is 0.00000324. The number of rotatable bonds is 7. The predicted molar refractivity (Wildman–Crippen MR) is 138 cm³/mol. The highest BCUT2D eigenvalue weighted by atomic mass is 35.5. The second-order valence-corrected chi connectivity index (χ2v) is 9.28. The fraction of sp³-hybridized carbons (Fsp3) is 0.333. The van der Waals surface area contributed by atoms with Crippen LogP contribution in [0.4, 0.5) is 10.8 Å². The van der Waals surface area contributed by atoms with Crippen LogP contribution in [0.1, 0.15) is 10.4 Å². The smallest absolute Gasteiger partial charge is 0.282 e. The summed E-state index contributed by atoms with van der Waals surface area (Å²) in [5, 5.41) is 15.7. The number of nitrogens with one attached hydrogen (secondary N) is 1. The minimum Gasteiger partial charge on any atom is -0.493 e. The first-order chi connectivity index (χ1) is 15.9. The third-order valence-electron chi connectivity index (χ3n) is 5.42. The molecular weight excluding hydrogens is 525 g/mol. The molecule has 0 atom stereocenters. The number of nitrogens with zero attached hydrogens (tertiary/aromatic N) is 4. The van der Waals surface area contributed by atoms with E-state index in [2.05, 4.69) is 15.1 Å². The van der Waals surface area contributed by atoms with E-state index in [0.29, 0.717) is 23.9 Å². The summed E-state index contributed by atoms with van der Waals surface area (Å²) in [5.41, 5.74) is 0.466. The molecule has 0 bridgehead atoms. The van der Waals surface area contributed by atoms with Gasteiger partial charge in [0.1, 0.15) is 11.1 Å². The maximum atomic E-state index is 12.4. The van der Waals surface area contributed by atoms with E-state index in [0.717, 1.165) is 41.5 Å². The molecule has 1 amide bonds. The molecule has 1 saturated heterocycles. The van der Waals surface area contributed by atoms with Crippen LogP contribution in [0.25, 0.3) is 10.2 Å². The number of nitro groups is 1. The van der Waals surface area contributed by atoms with Gasteiger partial charge in [-0.15, -0.1) is 12.4 Å². The molecule has 1 fully saturated rings. The number of ether oxygens (including phenoxy) is 1. The number of carbonyl (C=O) groups excluding carboxylic acids is 1. The van der Waals surface area contributed by atoms with Crippen molar-refractivity contribution in [1.82, 2.24) is 15.2 Å². The molecule has 0 saturated carbocycles. The Hall–Kier alpha value is -2.37. The fourth-order valence-corrected chi connectivity index (χ4v) is 5.12. The third kappa shape index (κ3) is 5.64. The van der Waals surface area contributed by atoms with Gasteiger partial charge in [0.05, 0.1) is 21.8 Å². The minimum atomic E-state index is -0.587. The molecule has 1 aliphatic heterocycles. The number of anilines is 1. The van der Waals surface area contributed by atoms with Crippen LogP contribution < -0.4 is 15.0 Å². The Bertz CT molecular complexity index is 1200. The highest BCUT2D eigenvalue weighted by Gasteiger charge is 2.23. The van der Waals surface area contributed by atoms with E-state index in [9.17, 15) is 14.9 Å². The lowest BCUT2D eigenvalue weighted by Crippen LogP contribution is -2.48. The zero-order valence-corrected chi connectivity index (χ0v) is 21.3. The summed E-state index contributed by atoms with van der Waals surface area (Å²) in [6.07, 6.45) is 0. The largest absolute Gasteiger partial charge is 0.493 e. The summed E-state index contributed by atoms with van der Waals surface area (Å²) < 4.78 is 6.42. The molecule has 34 heavy (non-hydrogen) atoms. The van der Waals surface area contributed by atoms with E-state index in [-0.39, 0.29) is 28.7 Å². The average molecular weight is 547 g/mol. The zero-order valence-electron chi connectivity index (χ0n) is 18.1. The van der Waals surface area contributed by atoms with Gasteiger partial charge in [-0.25, -0.2) is 4.98 Å². The molecule has 3 aromatic rings. The number of amides is 1. The van der Waals surface area contributed by atoms with Crippen LogP contribution in [0, 0.1) is 10.1 Å². The normalized spacial score (nSPS) is 14.0. The molecule has 0 unspecified atom stereocenters. The van der Waals surface area contributed by atoms with Crippen LogP contribution in [0.5, 0.6) is 5.75 Å². The van der Waals surface area contributed by atoms with E-state index >= 15 is 0 Å². The second-order valence-electron chi connectivity index (χ2n) is 7.43. The number of hydrogen-bond donors (Lipinski definition) is 1. The van der Waals surface area contributed by atoms with Crippen molar-refractivity contribution < 1.29 is 14.5 Å². The number of benzene rings is 2. The molecule has 0 aliphatic carbocycles. The number of piperazine rings is 1. The highest BCUT2D eigenvalue weighted by Crippen LogP contribution is 2.38. The van der Waals surface area contributed by atoms with E-state index in [1.807, 2.05) is 12.1 Å². The van der Waals surface area contributed by atoms with E-state index in [1.165, 1.54) is 18.2 Å². The Kier molecular flexibility index (Phi) is 8.78. The van der Waals surface area contributed by atoms with Gasteiger partial charge < -0.3 is 15.0 Å². The molecule has 13 heteroatoms. The van der Waals surface area contributed by atoms with E-state index < -0.39 is 10.8 Å². The van der Waals surface area contributed by atoms with Crippen LogP contribution in [0.15, 0.2) is 30.3 Å². The molecule has 1 aromatic heterocycles. The predicted octanol–water partition coefficient (Wildman–Crippen LogP) is 4.49. The first-order valence-corrected chi connectivity index (χ1v) is 11.8. The van der Waals surface area contributed by atoms with Gasteiger partial charge in [0, 0.05) is 50.4 Å². The molecule has 2 heterocycles. The number of halogens is 3. The minimum absolute atomic E-state index is 0. The van der Waals surface area contributed by atoms with Crippen molar-refractivity contribution in [2.75, 3.05) is 51.3 Å². The number of thiazole rings is 1. The Morgan fingerprint density at radius 3 is 2.65 bits per heavy atom. The average Bonchev–Trinajstić information content (AvgIpc) is 3.23. The summed E-state index contributed by atoms with van der Waals surface area (Å²) in [6.45, 7) is 4.21. The third-order valence-corrected chi connectivity index (χ3v) is 7.03. The van der Waals surface area contributed by atoms with Crippen LogP contribution in [0.2, 0.25) is 10.0 Å². The van der Waals surface area contributed by atoms with Gasteiger partial charge in [0.2, 0.25) is 0 Å². The van der Waals surface area contributed by atoms with Gasteiger partial charge in [-0.05, 0) is 24.3 Å². The fourth-order valence-electron chi connectivity index (χ4n) is 3.70. The SMILES string of the molecule is COc1c(Cl)ccc2sc(N3CCN(CCNC(=O)c4cc(Cl)ccc4[N+](=O)[O-])CC3)nc12.Cl. The van der Waals surface area contributed by atoms with Crippen molar-refractivity contribution in [3.05, 3.63) is 56.1 Å². The molecule has 4 rings (SSSR count). The topological polar surface area (TPSA) is 101 Å². The van der Waals surface area contributed by atoms with Crippen molar-refractivity contribution in [3.8, 4) is 5.75 Å². The number of fused-ring (bicyclic) bond motifs is 1. The summed E-state index contributed by atoms with van der Waals surface area (Å²) in [5.74, 6) is 0.0795. The van der Waals surface area contributed by atoms with Crippen LogP contribution in [0.3, 0.4) is 0 Å². The lowest BCUT2D eigenvalue weighted by molar-refractivity contribution is -0.385. The number of nitro benzene ring substituents is 1. The first-order valence-electron chi connectivity index (χ1n) is 10.2. The standard InChI is InChI=1S/C21H21Cl2N5O4S.ClH/c1-32-19-15(23)3-5-17-18(19)25-21(33-17)27-10-8-26(9-11-27)7-6-24-20(29)14-12-13(22)2-4-16(14)28(30)31;/h2-5,12H,6-11H2,1H3,(H,24,29);1H. The Morgan fingerprint density at radius 1 is 1.24 bits per heavy atom. The molecule has 1 N–H and O–H groups in total. The zero-order chi connectivity index (χ0) is 23.5. The van der Waals surface area contributed by atoms with Crippen LogP contribution in [-0.2, 0) is 0 Å². The van der Waals surface area contributed by atoms with Crippen molar-refractivity contribution in [2.24, 2.45) is 0 Å². The van der Waals surface area contributed by atoms with Gasteiger partial charge in [0.25, 0.3) is 11.6 Å². The molecule has 1 aliphatic rings. The van der Waals surface area contributed by atoms with Crippen LogP contribution >= 0.6 is 46.9 Å². The summed E-state index contributed by atoms with van der Waals surface area (Å²) in [4.78, 5) is 32.2. The summed E-state index contributed by atoms with van der Waals surface area (Å²) in [6, 6.07) is 7.71. The molecule has 182 valence electrons. The lowest BCUT2D eigenvalue weighted by atomic mass is 10.1. The number of aromatic nitrogens is 1. The number of hydrogen-bond acceptors (Lipinski definition) is 8. The molecule has 0 spiro atoms. The van der Waals surface area contributed by atoms with Gasteiger partial charge in [0.15, 0.2) is 10.9 Å². The lowest BCUT2D eigenvalue weighted by Gasteiger charge is -2.34. The van der Waals surface area contributed by atoms with Crippen molar-refractivity contribution in [2.45, 2.75) is 0 Å². The molecule has 2 aromatic carbocycles. The monoisotopic (exact) mass is 545 g/mol. The summed E-state index contributed by atoms with van der Waals surface area (Å²) >= 11 is 13.7. The first kappa shape index (κ1) is 26.2. The Morgan fingerprint density at radius 2 is 1.97 bits per heavy atom. The highest BCUT2D eigenvalue weighted by molar-refractivity contribution is 7.22. The maximum Gasteiger partial charge on any atom is 0.282 e. The number of methoxy groups -OCH3 is 1. The van der Waals surface area contributed by atoms with Gasteiger partial charge >= 0.3 is 0 Å². The Labute approximate surface area is 216 Å². The van der Waals surface area contributed by atoms with E-state index in [4.69, 9.17) is 32.9 Å². The molecule has 0 radical (unpaired) electrons. The summed E-state index contributed by atoms with van der Waals surface area (Å²) in [7, 11) is 1.59. The van der Waals surface area contributed by atoms with Gasteiger partial charge in [-0.3, -0.25) is 19.8 Å². The van der Waals surface area contributed by atoms with Crippen molar-refractivity contribution in [3.63, 3.8) is 0 Å². The van der Waals surface area contributed by atoms with Gasteiger partial charge in [-0.1, -0.05) is 34.5 Å². The number of carbonyl (C=O) groups is 1. The van der Waals surface area contributed by atoms with Crippen molar-refractivity contribution >= 4 is 73.9 Å². The van der Waals surface area contributed by atoms with Crippen molar-refractivity contribution in [1.29, 1.82) is 0 Å². The molecular formula is C21H22Cl3N5O4S. The van der Waals surface area contributed by atoms with E-state index in [1.54, 1.807) is 18.4 Å². The quantitative estimate of drug-likeness (QED) is 0.344. The molecule has 9 nitrogen and oxygen atoms in total. The second kappa shape index (κ2) is 11.4. The van der Waals surface area contributed by atoms with Gasteiger partial charge in [-0.2, -0.15) is 0 Å². The van der Waals surface area contributed by atoms with Crippen LogP contribution in [-0.4, -0.2) is 67.1 Å². The maximum absolute atomic E-state index is 12.4.